The normalized spacial score (nSPS) is 11.7. The van der Waals surface area contributed by atoms with Crippen LogP contribution in [0.4, 0.5) is 5.69 Å². The molecule has 146 valence electrons. The number of pyridine rings is 1. The highest BCUT2D eigenvalue weighted by atomic mass is 16.1. The van der Waals surface area contributed by atoms with Gasteiger partial charge < -0.3 is 5.32 Å². The standard InChI is InChI=1S/C27H22N2O/c1-20-13-15-22(16-14-20)24(21-7-3-2-4-8-21)10-6-12-27(30)29-26-11-5-9-23-19-28-18-17-25(23)26/h2-19H,1H3,(H,29,30). The highest BCUT2D eigenvalue weighted by molar-refractivity contribution is 6.06. The van der Waals surface area contributed by atoms with E-state index < -0.39 is 0 Å². The summed E-state index contributed by atoms with van der Waals surface area (Å²) in [4.78, 5) is 16.6. The van der Waals surface area contributed by atoms with Crippen molar-refractivity contribution < 1.29 is 4.79 Å². The minimum atomic E-state index is -0.174. The molecule has 0 bridgehead atoms. The molecule has 4 aromatic rings. The second-order valence-corrected chi connectivity index (χ2v) is 7.06. The number of hydrogen-bond donors (Lipinski definition) is 1. The lowest BCUT2D eigenvalue weighted by Gasteiger charge is -2.08. The summed E-state index contributed by atoms with van der Waals surface area (Å²) in [7, 11) is 0. The Morgan fingerprint density at radius 1 is 0.867 bits per heavy atom. The second-order valence-electron chi connectivity index (χ2n) is 7.06. The molecular formula is C27H22N2O. The van der Waals surface area contributed by atoms with Crippen LogP contribution in [0.15, 0.2) is 109 Å². The minimum absolute atomic E-state index is 0.174. The van der Waals surface area contributed by atoms with Crippen molar-refractivity contribution in [3.8, 4) is 0 Å². The Balaban J connectivity index is 1.58. The predicted octanol–water partition coefficient (Wildman–Crippen LogP) is 6.17. The average molecular weight is 390 g/mol. The number of nitrogens with zero attached hydrogens (tertiary/aromatic N) is 1. The van der Waals surface area contributed by atoms with Crippen LogP contribution in [0.5, 0.6) is 0 Å². The van der Waals surface area contributed by atoms with Crippen molar-refractivity contribution in [2.45, 2.75) is 6.92 Å². The molecule has 1 N–H and O–H groups in total. The minimum Gasteiger partial charge on any atom is -0.322 e. The van der Waals surface area contributed by atoms with E-state index >= 15 is 0 Å². The maximum Gasteiger partial charge on any atom is 0.248 e. The van der Waals surface area contributed by atoms with Crippen LogP contribution in [0.25, 0.3) is 16.3 Å². The van der Waals surface area contributed by atoms with Crippen LogP contribution < -0.4 is 5.32 Å². The van der Waals surface area contributed by atoms with Crippen molar-refractivity contribution in [2.75, 3.05) is 5.32 Å². The molecule has 0 aliphatic heterocycles. The molecule has 0 atom stereocenters. The molecule has 1 amide bonds. The molecule has 3 aromatic carbocycles. The van der Waals surface area contributed by atoms with Crippen molar-refractivity contribution in [2.24, 2.45) is 0 Å². The third kappa shape index (κ3) is 4.53. The van der Waals surface area contributed by atoms with Gasteiger partial charge in [0, 0.05) is 34.9 Å². The zero-order valence-electron chi connectivity index (χ0n) is 16.7. The second kappa shape index (κ2) is 9.01. The summed E-state index contributed by atoms with van der Waals surface area (Å²) in [6.07, 6.45) is 8.84. The van der Waals surface area contributed by atoms with Crippen LogP contribution >= 0.6 is 0 Å². The fraction of sp³-hybridized carbons (Fsp3) is 0.0370. The Bertz CT molecular complexity index is 1220. The van der Waals surface area contributed by atoms with Gasteiger partial charge in [-0.2, -0.15) is 0 Å². The maximum absolute atomic E-state index is 12.5. The number of benzene rings is 3. The van der Waals surface area contributed by atoms with E-state index in [-0.39, 0.29) is 5.91 Å². The number of allylic oxidation sites excluding steroid dienone is 2. The van der Waals surface area contributed by atoms with Crippen molar-refractivity contribution in [3.05, 3.63) is 126 Å². The molecule has 1 heterocycles. The topological polar surface area (TPSA) is 42.0 Å². The van der Waals surface area contributed by atoms with E-state index in [4.69, 9.17) is 0 Å². The first-order chi connectivity index (χ1) is 14.7. The van der Waals surface area contributed by atoms with Gasteiger partial charge in [-0.05, 0) is 35.8 Å². The van der Waals surface area contributed by atoms with Crippen LogP contribution in [0.1, 0.15) is 16.7 Å². The van der Waals surface area contributed by atoms with Crippen LogP contribution in [-0.2, 0) is 4.79 Å². The van der Waals surface area contributed by atoms with E-state index in [9.17, 15) is 4.79 Å². The predicted molar refractivity (Wildman–Crippen MR) is 124 cm³/mol. The Kier molecular flexibility index (Phi) is 5.81. The number of fused-ring (bicyclic) bond motifs is 1. The van der Waals surface area contributed by atoms with Crippen molar-refractivity contribution >= 4 is 27.9 Å². The summed E-state index contributed by atoms with van der Waals surface area (Å²) in [5.74, 6) is -0.174. The summed E-state index contributed by atoms with van der Waals surface area (Å²) in [5.41, 5.74) is 5.27. The van der Waals surface area contributed by atoms with Gasteiger partial charge in [0.25, 0.3) is 0 Å². The van der Waals surface area contributed by atoms with Crippen LogP contribution in [0, 0.1) is 6.92 Å². The van der Waals surface area contributed by atoms with E-state index in [0.717, 1.165) is 33.2 Å². The van der Waals surface area contributed by atoms with Crippen molar-refractivity contribution in [1.82, 2.24) is 4.98 Å². The molecule has 0 saturated heterocycles. The van der Waals surface area contributed by atoms with Gasteiger partial charge >= 0.3 is 0 Å². The largest absolute Gasteiger partial charge is 0.322 e. The molecule has 0 saturated carbocycles. The number of hydrogen-bond acceptors (Lipinski definition) is 2. The number of rotatable bonds is 5. The van der Waals surface area contributed by atoms with Gasteiger partial charge in [0.05, 0.1) is 0 Å². The number of carbonyl (C=O) groups is 1. The summed E-state index contributed by atoms with van der Waals surface area (Å²) < 4.78 is 0. The first-order valence-corrected chi connectivity index (χ1v) is 9.85. The van der Waals surface area contributed by atoms with E-state index in [2.05, 4.69) is 53.6 Å². The fourth-order valence-electron chi connectivity index (χ4n) is 3.35. The van der Waals surface area contributed by atoms with Gasteiger partial charge in [-0.25, -0.2) is 0 Å². The number of nitrogens with one attached hydrogen (secondary N) is 1. The third-order valence-corrected chi connectivity index (χ3v) is 4.90. The number of aryl methyl sites for hydroxylation is 1. The van der Waals surface area contributed by atoms with Crippen LogP contribution in [-0.4, -0.2) is 10.9 Å². The zero-order valence-corrected chi connectivity index (χ0v) is 16.7. The molecular weight excluding hydrogens is 368 g/mol. The third-order valence-electron chi connectivity index (χ3n) is 4.90. The Labute approximate surface area is 176 Å². The number of carbonyl (C=O) groups excluding carboxylic acids is 1. The summed E-state index contributed by atoms with van der Waals surface area (Å²) in [5, 5.41) is 4.92. The van der Waals surface area contributed by atoms with Gasteiger partial charge in [0.2, 0.25) is 5.91 Å². The Hall–Kier alpha value is -3.98. The quantitative estimate of drug-likeness (QED) is 0.327. The van der Waals surface area contributed by atoms with Crippen molar-refractivity contribution in [1.29, 1.82) is 0 Å². The monoisotopic (exact) mass is 390 g/mol. The molecule has 0 spiro atoms. The van der Waals surface area contributed by atoms with E-state index in [1.165, 1.54) is 5.56 Å². The van der Waals surface area contributed by atoms with Crippen molar-refractivity contribution in [3.63, 3.8) is 0 Å². The molecule has 0 fully saturated rings. The smallest absolute Gasteiger partial charge is 0.248 e. The lowest BCUT2D eigenvalue weighted by atomic mass is 9.97. The maximum atomic E-state index is 12.5. The van der Waals surface area contributed by atoms with E-state index in [1.54, 1.807) is 24.5 Å². The lowest BCUT2D eigenvalue weighted by molar-refractivity contribution is -0.111. The van der Waals surface area contributed by atoms with Gasteiger partial charge in [0.15, 0.2) is 0 Å². The summed E-state index contributed by atoms with van der Waals surface area (Å²) in [6, 6.07) is 26.3. The zero-order chi connectivity index (χ0) is 20.8. The molecule has 0 aliphatic rings. The van der Waals surface area contributed by atoms with Gasteiger partial charge in [-0.1, -0.05) is 84.4 Å². The highest BCUT2D eigenvalue weighted by Crippen LogP contribution is 2.24. The molecule has 3 nitrogen and oxygen atoms in total. The molecule has 1 aromatic heterocycles. The summed E-state index contributed by atoms with van der Waals surface area (Å²) >= 11 is 0. The van der Waals surface area contributed by atoms with E-state index in [1.807, 2.05) is 48.5 Å². The first kappa shape index (κ1) is 19.3. The van der Waals surface area contributed by atoms with E-state index in [0.29, 0.717) is 0 Å². The first-order valence-electron chi connectivity index (χ1n) is 9.85. The van der Waals surface area contributed by atoms with Gasteiger partial charge in [-0.15, -0.1) is 0 Å². The van der Waals surface area contributed by atoms with Gasteiger partial charge in [0.1, 0.15) is 0 Å². The molecule has 0 aliphatic carbocycles. The van der Waals surface area contributed by atoms with Crippen LogP contribution in [0.3, 0.4) is 0 Å². The number of amides is 1. The van der Waals surface area contributed by atoms with Crippen LogP contribution in [0.2, 0.25) is 0 Å². The highest BCUT2D eigenvalue weighted by Gasteiger charge is 2.05. The summed E-state index contributed by atoms with van der Waals surface area (Å²) in [6.45, 7) is 2.07. The average Bonchev–Trinajstić information content (AvgIpc) is 2.78. The molecule has 3 heteroatoms. The molecule has 0 unspecified atom stereocenters. The van der Waals surface area contributed by atoms with Gasteiger partial charge in [-0.3, -0.25) is 9.78 Å². The Morgan fingerprint density at radius 3 is 2.43 bits per heavy atom. The molecule has 30 heavy (non-hydrogen) atoms. The SMILES string of the molecule is Cc1ccc(C(=CC=CC(=O)Nc2cccc3cnccc23)c2ccccc2)cc1. The number of anilines is 1. The Morgan fingerprint density at radius 2 is 1.63 bits per heavy atom. The lowest BCUT2D eigenvalue weighted by Crippen LogP contribution is -2.08. The molecule has 4 rings (SSSR count). The fourth-order valence-corrected chi connectivity index (χ4v) is 3.35. The molecule has 0 radical (unpaired) electrons. The number of aromatic nitrogens is 1.